The topological polar surface area (TPSA) is 87.0 Å². The van der Waals surface area contributed by atoms with E-state index in [2.05, 4.69) is 0 Å². The second-order valence-corrected chi connectivity index (χ2v) is 7.79. The van der Waals surface area contributed by atoms with Gasteiger partial charge in [-0.2, -0.15) is 0 Å². The summed E-state index contributed by atoms with van der Waals surface area (Å²) in [6.45, 7) is 5.54. The van der Waals surface area contributed by atoms with Crippen LogP contribution in [0.3, 0.4) is 0 Å². The first-order valence-electron chi connectivity index (χ1n) is 7.42. The average molecular weight is 282 g/mol. The lowest BCUT2D eigenvalue weighted by molar-refractivity contribution is -0.368. The molecule has 5 fully saturated rings. The van der Waals surface area contributed by atoms with Crippen LogP contribution in [0.5, 0.6) is 0 Å². The second kappa shape index (κ2) is 3.00. The maximum absolute atomic E-state index is 12.8. The van der Waals surface area contributed by atoms with E-state index in [1.54, 1.807) is 6.92 Å². The Kier molecular flexibility index (Phi) is 1.98. The number of aliphatic hydroxyl groups is 3. The largest absolute Gasteiger partial charge is 0.388 e. The number of rotatable bonds is 0. The summed E-state index contributed by atoms with van der Waals surface area (Å²) in [4.78, 5) is 12.8. The molecule has 7 atom stereocenters. The Hall–Kier alpha value is -0.490. The van der Waals surface area contributed by atoms with Crippen molar-refractivity contribution in [1.29, 1.82) is 0 Å². The Labute approximate surface area is 117 Å². The summed E-state index contributed by atoms with van der Waals surface area (Å²) in [5, 5.41) is 33.3. The van der Waals surface area contributed by atoms with Crippen molar-refractivity contribution in [3.05, 3.63) is 0 Å². The summed E-state index contributed by atoms with van der Waals surface area (Å²) in [5.74, 6) is -1.99. The smallest absolute Gasteiger partial charge is 0.206 e. The molecule has 5 rings (SSSR count). The van der Waals surface area contributed by atoms with Gasteiger partial charge in [-0.3, -0.25) is 4.79 Å². The molecule has 1 aliphatic heterocycles. The number of aliphatic hydroxyl groups excluding tert-OH is 1. The minimum absolute atomic E-state index is 0.0242. The van der Waals surface area contributed by atoms with Crippen LogP contribution in [0.25, 0.3) is 0 Å². The van der Waals surface area contributed by atoms with E-state index in [1.165, 1.54) is 0 Å². The van der Waals surface area contributed by atoms with Gasteiger partial charge in [-0.1, -0.05) is 13.8 Å². The number of carbonyl (C=O) groups is 1. The predicted molar refractivity (Wildman–Crippen MR) is 68.5 cm³/mol. The molecule has 1 saturated heterocycles. The third kappa shape index (κ3) is 0.794. The maximum Gasteiger partial charge on any atom is 0.206 e. The van der Waals surface area contributed by atoms with E-state index in [1.807, 2.05) is 13.8 Å². The molecule has 5 nitrogen and oxygen atoms in total. The molecule has 1 spiro atoms. The lowest BCUT2D eigenvalue weighted by atomic mass is 9.35. The molecule has 0 amide bonds. The van der Waals surface area contributed by atoms with Crippen LogP contribution in [0.2, 0.25) is 0 Å². The number of carbonyl (C=O) groups excluding carboxylic acids is 1. The first-order chi connectivity index (χ1) is 9.12. The van der Waals surface area contributed by atoms with Crippen LogP contribution in [0.4, 0.5) is 0 Å². The Morgan fingerprint density at radius 3 is 2.60 bits per heavy atom. The summed E-state index contributed by atoms with van der Waals surface area (Å²) in [6.07, 6.45) is 0.201. The number of ketones is 1. The lowest BCUT2D eigenvalue weighted by Crippen LogP contribution is -2.83. The van der Waals surface area contributed by atoms with Crippen LogP contribution in [0.1, 0.15) is 40.0 Å². The number of Topliss-reactive ketones (excluding diaryl/α,β-unsaturated/α-hetero) is 1. The molecule has 0 aromatic rings. The predicted octanol–water partition coefficient (Wildman–Crippen LogP) is 0.212. The van der Waals surface area contributed by atoms with Crippen LogP contribution in [-0.4, -0.2) is 45.2 Å². The first kappa shape index (κ1) is 13.2. The zero-order valence-corrected chi connectivity index (χ0v) is 12.1. The fraction of sp³-hybridized carbons (Fsp3) is 0.933. The molecule has 5 aliphatic rings. The van der Waals surface area contributed by atoms with Crippen LogP contribution in [-0.2, 0) is 9.53 Å². The monoisotopic (exact) mass is 282 g/mol. The molecule has 0 unspecified atom stereocenters. The molecular formula is C15H22O5. The van der Waals surface area contributed by atoms with Crippen molar-refractivity contribution in [3.63, 3.8) is 0 Å². The van der Waals surface area contributed by atoms with Crippen molar-refractivity contribution >= 4 is 5.78 Å². The van der Waals surface area contributed by atoms with Crippen LogP contribution in [0, 0.1) is 22.2 Å². The highest BCUT2D eigenvalue weighted by Gasteiger charge is 2.91. The normalized spacial score (nSPS) is 67.6. The van der Waals surface area contributed by atoms with E-state index in [0.29, 0.717) is 6.42 Å². The van der Waals surface area contributed by atoms with E-state index in [0.717, 1.165) is 6.42 Å². The van der Waals surface area contributed by atoms with E-state index in [4.69, 9.17) is 4.74 Å². The average Bonchev–Trinajstić information content (AvgIpc) is 2.77. The summed E-state index contributed by atoms with van der Waals surface area (Å²) in [5.41, 5.74) is -4.25. The minimum Gasteiger partial charge on any atom is -0.388 e. The van der Waals surface area contributed by atoms with Gasteiger partial charge in [0.15, 0.2) is 0 Å². The highest BCUT2D eigenvalue weighted by atomic mass is 16.6. The fourth-order valence-corrected chi connectivity index (χ4v) is 6.15. The van der Waals surface area contributed by atoms with E-state index < -0.39 is 33.7 Å². The van der Waals surface area contributed by atoms with Gasteiger partial charge in [0.25, 0.3) is 0 Å². The van der Waals surface area contributed by atoms with Gasteiger partial charge in [-0.25, -0.2) is 0 Å². The van der Waals surface area contributed by atoms with Gasteiger partial charge < -0.3 is 20.1 Å². The summed E-state index contributed by atoms with van der Waals surface area (Å²) < 4.78 is 5.56. The Balaban J connectivity index is 2.10. The number of fused-ring (bicyclic) bond motifs is 1. The van der Waals surface area contributed by atoms with Gasteiger partial charge in [0, 0.05) is 17.3 Å². The van der Waals surface area contributed by atoms with E-state index in [-0.39, 0.29) is 24.7 Å². The highest BCUT2D eigenvalue weighted by molar-refractivity contribution is 5.91. The molecule has 0 radical (unpaired) electrons. The highest BCUT2D eigenvalue weighted by Crippen LogP contribution is 2.79. The van der Waals surface area contributed by atoms with E-state index >= 15 is 0 Å². The fourth-order valence-electron chi connectivity index (χ4n) is 6.15. The quantitative estimate of drug-likeness (QED) is 0.591. The van der Waals surface area contributed by atoms with Gasteiger partial charge in [0.2, 0.25) is 5.79 Å². The SMILES string of the molecule is C[C@H]1CC[C@]2(O)[C@]13CC(=O)[C@@]1(C)[C@@]2(C)CO[C@]1(O)[C@H]3O. The maximum atomic E-state index is 12.8. The summed E-state index contributed by atoms with van der Waals surface area (Å²) in [6, 6.07) is 0. The summed E-state index contributed by atoms with van der Waals surface area (Å²) >= 11 is 0. The van der Waals surface area contributed by atoms with Crippen molar-refractivity contribution in [2.45, 2.75) is 57.5 Å². The number of hydrogen-bond acceptors (Lipinski definition) is 5. The Morgan fingerprint density at radius 1 is 1.30 bits per heavy atom. The van der Waals surface area contributed by atoms with Gasteiger partial charge in [0.05, 0.1) is 17.6 Å². The molecule has 0 aromatic carbocycles. The summed E-state index contributed by atoms with van der Waals surface area (Å²) in [7, 11) is 0. The number of ether oxygens (including phenoxy) is 1. The first-order valence-corrected chi connectivity index (χ1v) is 7.42. The number of hydrogen-bond donors (Lipinski definition) is 3. The standard InChI is InChI=1S/C15H22O5/c1-8-4-5-14(18)11(2)7-20-15(19)10(17)13(8,14)6-9(16)12(11,15)3/h8,10,17-19H,4-7H2,1-3H3/t8-,10-,11+,12-,13+,14+,15+/m0/s1. The van der Waals surface area contributed by atoms with Gasteiger partial charge >= 0.3 is 0 Å². The van der Waals surface area contributed by atoms with Crippen molar-refractivity contribution < 1.29 is 24.9 Å². The van der Waals surface area contributed by atoms with Gasteiger partial charge in [-0.15, -0.1) is 0 Å². The molecular weight excluding hydrogens is 260 g/mol. The zero-order valence-electron chi connectivity index (χ0n) is 12.1. The Morgan fingerprint density at radius 2 is 1.95 bits per heavy atom. The van der Waals surface area contributed by atoms with Crippen molar-refractivity contribution in [1.82, 2.24) is 0 Å². The zero-order chi connectivity index (χ0) is 14.8. The van der Waals surface area contributed by atoms with Gasteiger partial charge in [0.1, 0.15) is 11.9 Å². The molecule has 4 saturated carbocycles. The molecule has 112 valence electrons. The van der Waals surface area contributed by atoms with Crippen molar-refractivity contribution in [2.75, 3.05) is 6.61 Å². The van der Waals surface area contributed by atoms with Crippen molar-refractivity contribution in [2.24, 2.45) is 22.2 Å². The van der Waals surface area contributed by atoms with Gasteiger partial charge in [-0.05, 0) is 25.7 Å². The molecule has 0 aromatic heterocycles. The molecule has 4 bridgehead atoms. The second-order valence-electron chi connectivity index (χ2n) is 7.79. The van der Waals surface area contributed by atoms with E-state index in [9.17, 15) is 20.1 Å². The molecule has 5 heteroatoms. The van der Waals surface area contributed by atoms with Crippen LogP contribution >= 0.6 is 0 Å². The third-order valence-corrected chi connectivity index (χ3v) is 7.77. The van der Waals surface area contributed by atoms with Crippen LogP contribution in [0.15, 0.2) is 0 Å². The molecule has 3 N–H and O–H groups in total. The van der Waals surface area contributed by atoms with Crippen LogP contribution < -0.4 is 0 Å². The molecule has 4 aliphatic carbocycles. The lowest BCUT2D eigenvalue weighted by Gasteiger charge is -2.69. The third-order valence-electron chi connectivity index (χ3n) is 7.77. The Bertz CT molecular complexity index is 534. The molecule has 20 heavy (non-hydrogen) atoms. The molecule has 1 heterocycles. The van der Waals surface area contributed by atoms with Crippen molar-refractivity contribution in [3.8, 4) is 0 Å². The minimum atomic E-state index is -1.87.